The fourth-order valence-corrected chi connectivity index (χ4v) is 4.35. The summed E-state index contributed by atoms with van der Waals surface area (Å²) in [6.07, 6.45) is 0. The number of anilines is 1. The first-order valence-corrected chi connectivity index (χ1v) is 10.9. The summed E-state index contributed by atoms with van der Waals surface area (Å²) in [5, 5.41) is 2.92. The van der Waals surface area contributed by atoms with Crippen LogP contribution in [0.25, 0.3) is 0 Å². The summed E-state index contributed by atoms with van der Waals surface area (Å²) in [4.78, 5) is 12.8. The summed E-state index contributed by atoms with van der Waals surface area (Å²) in [6.45, 7) is 1.77. The molecule has 1 N–H and O–H groups in total. The average molecular weight is 447 g/mol. The van der Waals surface area contributed by atoms with Crippen LogP contribution in [0.3, 0.4) is 0 Å². The number of carbonyl (C=O) groups excluding carboxylic acids is 1. The molecule has 0 aliphatic heterocycles. The maximum Gasteiger partial charge on any atom is 0.264 e. The van der Waals surface area contributed by atoms with Crippen LogP contribution < -0.4 is 9.62 Å². The summed E-state index contributed by atoms with van der Waals surface area (Å²) >= 11 is 6.28. The first-order valence-electron chi connectivity index (χ1n) is 9.10. The van der Waals surface area contributed by atoms with Crippen molar-refractivity contribution in [3.63, 3.8) is 0 Å². The van der Waals surface area contributed by atoms with Crippen LogP contribution in [0.4, 0.5) is 10.1 Å². The van der Waals surface area contributed by atoms with E-state index in [1.165, 1.54) is 49.5 Å². The third-order valence-electron chi connectivity index (χ3n) is 4.68. The second kappa shape index (κ2) is 8.85. The lowest BCUT2D eigenvalue weighted by atomic mass is 10.1. The Hall–Kier alpha value is -2.90. The third-order valence-corrected chi connectivity index (χ3v) is 6.79. The summed E-state index contributed by atoms with van der Waals surface area (Å²) in [5.74, 6) is -0.776. The van der Waals surface area contributed by atoms with Crippen molar-refractivity contribution in [2.75, 3.05) is 11.4 Å². The molecule has 0 bridgehead atoms. The molecule has 0 saturated carbocycles. The van der Waals surface area contributed by atoms with Gasteiger partial charge in [-0.2, -0.15) is 0 Å². The van der Waals surface area contributed by atoms with E-state index in [4.69, 9.17) is 11.6 Å². The van der Waals surface area contributed by atoms with Gasteiger partial charge in [0.2, 0.25) is 0 Å². The molecule has 3 aromatic rings. The Bertz CT molecular complexity index is 1150. The number of carbonyl (C=O) groups is 1. The SMILES string of the molecule is C[C@H](NC(=O)c1ccc(N(C)S(=O)(=O)c2ccccc2)cc1Cl)c1ccc(F)cc1. The topological polar surface area (TPSA) is 66.5 Å². The third kappa shape index (κ3) is 4.63. The van der Waals surface area contributed by atoms with E-state index in [2.05, 4.69) is 5.32 Å². The Balaban J connectivity index is 1.79. The van der Waals surface area contributed by atoms with Crippen LogP contribution >= 0.6 is 11.6 Å². The summed E-state index contributed by atoms with van der Waals surface area (Å²) < 4.78 is 39.7. The molecule has 3 aromatic carbocycles. The fourth-order valence-electron chi connectivity index (χ4n) is 2.88. The Kier molecular flexibility index (Phi) is 6.43. The number of nitrogens with zero attached hydrogens (tertiary/aromatic N) is 1. The fraction of sp³-hybridized carbons (Fsp3) is 0.136. The standard InChI is InChI=1S/C22H20ClFN2O3S/c1-15(16-8-10-17(24)11-9-16)25-22(27)20-13-12-18(14-21(20)23)26(2)30(28,29)19-6-4-3-5-7-19/h3-15H,1-2H3,(H,25,27)/t15-/m0/s1. The number of benzene rings is 3. The predicted octanol–water partition coefficient (Wildman–Crippen LogP) is 4.80. The molecule has 0 spiro atoms. The van der Waals surface area contributed by atoms with E-state index >= 15 is 0 Å². The highest BCUT2D eigenvalue weighted by atomic mass is 35.5. The zero-order valence-corrected chi connectivity index (χ0v) is 17.9. The molecule has 0 heterocycles. The lowest BCUT2D eigenvalue weighted by Gasteiger charge is -2.21. The molecule has 156 valence electrons. The Morgan fingerprint density at radius 1 is 1.03 bits per heavy atom. The van der Waals surface area contributed by atoms with Crippen LogP contribution in [0.1, 0.15) is 28.9 Å². The number of nitrogens with one attached hydrogen (secondary N) is 1. The van der Waals surface area contributed by atoms with Gasteiger partial charge in [-0.25, -0.2) is 12.8 Å². The van der Waals surface area contributed by atoms with E-state index in [1.54, 1.807) is 37.3 Å². The summed E-state index contributed by atoms with van der Waals surface area (Å²) in [6, 6.07) is 17.9. The van der Waals surface area contributed by atoms with Gasteiger partial charge in [0.15, 0.2) is 0 Å². The maximum atomic E-state index is 13.1. The van der Waals surface area contributed by atoms with Gasteiger partial charge in [-0.15, -0.1) is 0 Å². The zero-order chi connectivity index (χ0) is 21.9. The zero-order valence-electron chi connectivity index (χ0n) is 16.3. The molecular weight excluding hydrogens is 427 g/mol. The minimum atomic E-state index is -3.76. The van der Waals surface area contributed by atoms with E-state index in [-0.39, 0.29) is 27.3 Å². The Labute approximate surface area is 180 Å². The van der Waals surface area contributed by atoms with Crippen molar-refractivity contribution in [2.45, 2.75) is 17.9 Å². The number of hydrogen-bond donors (Lipinski definition) is 1. The van der Waals surface area contributed by atoms with Gasteiger partial charge >= 0.3 is 0 Å². The van der Waals surface area contributed by atoms with E-state index in [9.17, 15) is 17.6 Å². The molecule has 8 heteroatoms. The van der Waals surface area contributed by atoms with Gasteiger partial charge in [0, 0.05) is 7.05 Å². The van der Waals surface area contributed by atoms with E-state index in [0.29, 0.717) is 5.69 Å². The molecule has 0 radical (unpaired) electrons. The number of rotatable bonds is 6. The highest BCUT2D eigenvalue weighted by molar-refractivity contribution is 7.92. The number of sulfonamides is 1. The number of amides is 1. The lowest BCUT2D eigenvalue weighted by Crippen LogP contribution is -2.28. The van der Waals surface area contributed by atoms with E-state index in [1.807, 2.05) is 0 Å². The van der Waals surface area contributed by atoms with Crippen molar-refractivity contribution in [1.82, 2.24) is 5.32 Å². The molecule has 1 amide bonds. The number of hydrogen-bond acceptors (Lipinski definition) is 3. The van der Waals surface area contributed by atoms with Crippen LogP contribution in [0.5, 0.6) is 0 Å². The second-order valence-electron chi connectivity index (χ2n) is 6.70. The molecule has 0 unspecified atom stereocenters. The normalized spacial score (nSPS) is 12.3. The maximum absolute atomic E-state index is 13.1. The minimum absolute atomic E-state index is 0.117. The van der Waals surface area contributed by atoms with Crippen LogP contribution in [0, 0.1) is 5.82 Å². The van der Waals surface area contributed by atoms with Gasteiger partial charge in [-0.05, 0) is 55.0 Å². The first kappa shape index (κ1) is 21.8. The van der Waals surface area contributed by atoms with Gasteiger partial charge in [-0.3, -0.25) is 9.10 Å². The lowest BCUT2D eigenvalue weighted by molar-refractivity contribution is 0.0940. The molecule has 0 fully saturated rings. The van der Waals surface area contributed by atoms with E-state index in [0.717, 1.165) is 9.87 Å². The summed E-state index contributed by atoms with van der Waals surface area (Å²) in [7, 11) is -2.34. The van der Waals surface area contributed by atoms with Crippen molar-refractivity contribution in [3.8, 4) is 0 Å². The predicted molar refractivity (Wildman–Crippen MR) is 116 cm³/mol. The average Bonchev–Trinajstić information content (AvgIpc) is 2.74. The van der Waals surface area contributed by atoms with Gasteiger partial charge in [0.25, 0.3) is 15.9 Å². The molecule has 1 atom stereocenters. The molecular formula is C22H20ClFN2O3S. The molecule has 3 rings (SSSR count). The minimum Gasteiger partial charge on any atom is -0.345 e. The Morgan fingerprint density at radius 3 is 2.27 bits per heavy atom. The first-order chi connectivity index (χ1) is 14.2. The van der Waals surface area contributed by atoms with E-state index < -0.39 is 15.9 Å². The summed E-state index contributed by atoms with van der Waals surface area (Å²) in [5.41, 5.74) is 1.28. The highest BCUT2D eigenvalue weighted by Gasteiger charge is 2.22. The molecule has 0 aliphatic carbocycles. The van der Waals surface area contributed by atoms with Gasteiger partial charge in [0.05, 0.1) is 27.2 Å². The molecule has 0 aliphatic rings. The second-order valence-corrected chi connectivity index (χ2v) is 9.07. The Morgan fingerprint density at radius 2 is 1.67 bits per heavy atom. The molecule has 5 nitrogen and oxygen atoms in total. The largest absolute Gasteiger partial charge is 0.345 e. The van der Waals surface area contributed by atoms with Crippen LogP contribution in [-0.4, -0.2) is 21.4 Å². The van der Waals surface area contributed by atoms with Gasteiger partial charge < -0.3 is 5.32 Å². The van der Waals surface area contributed by atoms with Crippen molar-refractivity contribution < 1.29 is 17.6 Å². The number of halogens is 2. The molecule has 0 aromatic heterocycles. The van der Waals surface area contributed by atoms with Crippen LogP contribution in [0.15, 0.2) is 77.7 Å². The molecule has 0 saturated heterocycles. The van der Waals surface area contributed by atoms with Crippen molar-refractivity contribution in [3.05, 3.63) is 94.8 Å². The molecule has 30 heavy (non-hydrogen) atoms. The van der Waals surface area contributed by atoms with Crippen LogP contribution in [-0.2, 0) is 10.0 Å². The van der Waals surface area contributed by atoms with Gasteiger partial charge in [-0.1, -0.05) is 41.9 Å². The smallest absolute Gasteiger partial charge is 0.264 e. The van der Waals surface area contributed by atoms with Gasteiger partial charge in [0.1, 0.15) is 5.82 Å². The van der Waals surface area contributed by atoms with Crippen molar-refractivity contribution in [1.29, 1.82) is 0 Å². The van der Waals surface area contributed by atoms with Crippen LogP contribution in [0.2, 0.25) is 5.02 Å². The van der Waals surface area contributed by atoms with Crippen molar-refractivity contribution in [2.24, 2.45) is 0 Å². The highest BCUT2D eigenvalue weighted by Crippen LogP contribution is 2.27. The monoisotopic (exact) mass is 446 g/mol. The van der Waals surface area contributed by atoms with Crippen molar-refractivity contribution >= 4 is 33.2 Å². The quantitative estimate of drug-likeness (QED) is 0.591.